The van der Waals surface area contributed by atoms with Crippen LogP contribution in [0.15, 0.2) is 42.5 Å². The second kappa shape index (κ2) is 24.1. The van der Waals surface area contributed by atoms with E-state index in [0.29, 0.717) is 23.3 Å². The number of aromatic nitrogens is 1. The van der Waals surface area contributed by atoms with E-state index >= 15 is 0 Å². The third-order valence-electron chi connectivity index (χ3n) is 7.23. The van der Waals surface area contributed by atoms with Gasteiger partial charge in [0.15, 0.2) is 0 Å². The van der Waals surface area contributed by atoms with E-state index in [0.717, 1.165) is 42.3 Å². The maximum absolute atomic E-state index is 13.9. The van der Waals surface area contributed by atoms with Crippen molar-refractivity contribution in [1.29, 1.82) is 5.41 Å². The molecule has 0 bridgehead atoms. The predicted octanol–water partition coefficient (Wildman–Crippen LogP) is 9.11. The highest BCUT2D eigenvalue weighted by Crippen LogP contribution is 2.41. The van der Waals surface area contributed by atoms with E-state index in [4.69, 9.17) is 21.7 Å². The molecule has 11 heteroatoms. The van der Waals surface area contributed by atoms with E-state index in [2.05, 4.69) is 42.9 Å². The molecule has 8 nitrogen and oxygen atoms in total. The van der Waals surface area contributed by atoms with Crippen LogP contribution in [0.25, 0.3) is 22.2 Å². The van der Waals surface area contributed by atoms with E-state index < -0.39 is 11.7 Å². The summed E-state index contributed by atoms with van der Waals surface area (Å²) in [7, 11) is 0. The molecule has 0 spiro atoms. The molecule has 268 valence electrons. The van der Waals surface area contributed by atoms with Gasteiger partial charge in [-0.2, -0.15) is 13.2 Å². The van der Waals surface area contributed by atoms with Crippen LogP contribution in [0.3, 0.4) is 0 Å². The Morgan fingerprint density at radius 1 is 0.872 bits per heavy atom. The normalized spacial score (nSPS) is 11.1. The summed E-state index contributed by atoms with van der Waals surface area (Å²) >= 11 is 0. The smallest absolute Gasteiger partial charge is 0.419 e. The van der Waals surface area contributed by atoms with Crippen molar-refractivity contribution < 1.29 is 17.9 Å². The molecular formula is C36H62F3N7O. The Labute approximate surface area is 281 Å². The van der Waals surface area contributed by atoms with Crippen molar-refractivity contribution in [3.63, 3.8) is 0 Å². The number of nitrogens with one attached hydrogen (secondary N) is 3. The van der Waals surface area contributed by atoms with Crippen molar-refractivity contribution in [3.05, 3.63) is 53.6 Å². The van der Waals surface area contributed by atoms with Gasteiger partial charge in [-0.1, -0.05) is 104 Å². The minimum atomic E-state index is -4.48. The largest absolute Gasteiger partial charge is 0.493 e. The molecule has 0 aliphatic rings. The number of unbranched alkanes of at least 4 members (excludes halogenated alkanes) is 9. The van der Waals surface area contributed by atoms with Gasteiger partial charge in [0.1, 0.15) is 5.75 Å². The Hall–Kier alpha value is -3.12. The number of H-pyrrole nitrogens is 1. The maximum atomic E-state index is 13.9. The number of rotatable bonds is 15. The summed E-state index contributed by atoms with van der Waals surface area (Å²) in [6.45, 7) is 13.4. The third-order valence-corrected chi connectivity index (χ3v) is 7.23. The van der Waals surface area contributed by atoms with Crippen molar-refractivity contribution >= 4 is 16.7 Å². The number of aryl methyl sites for hydroxylation is 1. The summed E-state index contributed by atoms with van der Waals surface area (Å²) in [6.07, 6.45) is 8.68. The number of hydrogen-bond donors (Lipinski definition) is 7. The van der Waals surface area contributed by atoms with E-state index in [9.17, 15) is 13.2 Å². The number of hydrazine groups is 2. The fraction of sp³-hybridized carbons (Fsp3) is 0.583. The van der Waals surface area contributed by atoms with E-state index in [1.165, 1.54) is 70.4 Å². The monoisotopic (exact) mass is 665 g/mol. The number of benzene rings is 2. The van der Waals surface area contributed by atoms with Gasteiger partial charge in [-0.25, -0.2) is 0 Å². The molecule has 0 amide bonds. The highest BCUT2D eigenvalue weighted by molar-refractivity contribution is 5.86. The van der Waals surface area contributed by atoms with Crippen molar-refractivity contribution in [2.24, 2.45) is 28.7 Å². The summed E-state index contributed by atoms with van der Waals surface area (Å²) in [4.78, 5) is 3.24. The first-order valence-corrected chi connectivity index (χ1v) is 16.7. The highest BCUT2D eigenvalue weighted by Gasteiger charge is 2.35. The van der Waals surface area contributed by atoms with Crippen molar-refractivity contribution in [1.82, 2.24) is 10.4 Å². The fourth-order valence-electron chi connectivity index (χ4n) is 4.88. The number of ether oxygens (including phenoxy) is 1. The van der Waals surface area contributed by atoms with Crippen LogP contribution in [0.1, 0.15) is 116 Å². The van der Waals surface area contributed by atoms with Crippen molar-refractivity contribution in [2.75, 3.05) is 13.2 Å². The molecule has 47 heavy (non-hydrogen) atoms. The van der Waals surface area contributed by atoms with Gasteiger partial charge >= 0.3 is 6.18 Å². The van der Waals surface area contributed by atoms with Crippen LogP contribution in [-0.4, -0.2) is 24.0 Å². The zero-order valence-corrected chi connectivity index (χ0v) is 29.6. The predicted molar refractivity (Wildman–Crippen MR) is 193 cm³/mol. The number of aromatic amines is 1. The Morgan fingerprint density at radius 2 is 1.36 bits per heavy atom. The van der Waals surface area contributed by atoms with E-state index in [1.54, 1.807) is 0 Å². The fourth-order valence-corrected chi connectivity index (χ4v) is 4.88. The third kappa shape index (κ3) is 20.0. The minimum absolute atomic E-state index is 0.0729. The topological polar surface area (TPSA) is 165 Å². The van der Waals surface area contributed by atoms with E-state index in [1.807, 2.05) is 44.2 Å². The average molecular weight is 666 g/mol. The van der Waals surface area contributed by atoms with Gasteiger partial charge in [0.05, 0.1) is 18.0 Å². The summed E-state index contributed by atoms with van der Waals surface area (Å²) in [5, 5.41) is 7.25. The molecule has 0 radical (unpaired) electrons. The molecule has 0 unspecified atom stereocenters. The average Bonchev–Trinajstić information content (AvgIpc) is 3.43. The van der Waals surface area contributed by atoms with Gasteiger partial charge in [0.2, 0.25) is 0 Å². The van der Waals surface area contributed by atoms with Crippen molar-refractivity contribution in [2.45, 2.75) is 118 Å². The first-order chi connectivity index (χ1) is 22.2. The molecule has 2 aromatic carbocycles. The van der Waals surface area contributed by atoms with Crippen LogP contribution >= 0.6 is 0 Å². The number of halogens is 3. The second-order valence-corrected chi connectivity index (χ2v) is 12.9. The number of alkyl halides is 3. The van der Waals surface area contributed by atoms with Gasteiger partial charge in [-0.15, -0.1) is 0 Å². The Bertz CT molecular complexity index is 1210. The number of amidine groups is 1. The number of para-hydroxylation sites is 1. The van der Waals surface area contributed by atoms with E-state index in [-0.39, 0.29) is 11.6 Å². The lowest BCUT2D eigenvalue weighted by atomic mass is 9.89. The summed E-state index contributed by atoms with van der Waals surface area (Å²) in [5.41, 5.74) is 9.74. The lowest BCUT2D eigenvalue weighted by Gasteiger charge is -2.17. The lowest BCUT2D eigenvalue weighted by molar-refractivity contribution is -0.138. The molecule has 3 aromatic rings. The highest BCUT2D eigenvalue weighted by atomic mass is 19.4. The number of fused-ring (bicyclic) bond motifs is 1. The van der Waals surface area contributed by atoms with Crippen LogP contribution in [0.4, 0.5) is 13.2 Å². The zero-order valence-electron chi connectivity index (χ0n) is 29.6. The molecule has 0 saturated heterocycles. The quantitative estimate of drug-likeness (QED) is 0.0281. The molecule has 0 aliphatic carbocycles. The molecule has 0 saturated carbocycles. The van der Waals surface area contributed by atoms with Gasteiger partial charge in [-0.05, 0) is 61.9 Å². The lowest BCUT2D eigenvalue weighted by Crippen LogP contribution is -2.20. The molecule has 1 heterocycles. The van der Waals surface area contributed by atoms with Crippen LogP contribution < -0.4 is 33.4 Å². The Kier molecular flexibility index (Phi) is 22.5. The van der Waals surface area contributed by atoms with Crippen LogP contribution in [0, 0.1) is 17.7 Å². The molecule has 0 atom stereocenters. The first kappa shape index (κ1) is 43.9. The van der Waals surface area contributed by atoms with Gasteiger partial charge in [0.25, 0.3) is 0 Å². The summed E-state index contributed by atoms with van der Waals surface area (Å²) < 4.78 is 47.3. The zero-order chi connectivity index (χ0) is 35.9. The van der Waals surface area contributed by atoms with Crippen LogP contribution in [0.2, 0.25) is 0 Å². The van der Waals surface area contributed by atoms with Crippen LogP contribution in [-0.2, 0) is 6.18 Å². The standard InChI is InChI=1S/C32H44F3NO.C2H8N2.C2H6N2.H4N2/c1-24-21-30(37-20-16-12-10-8-6-5-7-9-11-15-19-31(2,3)4)27(32(33,34)35)23-26(24)29-22-25-17-13-14-18-28(25)36-29;1-2-4-3;1-2(3)4;1-2/h13-14,17-18,21-23,36H,5-12,15-16,19-20H2,1-4H3;4H,2-3H2,1H3;1H3,(H3,3,4);1-2H2. The summed E-state index contributed by atoms with van der Waals surface area (Å²) in [5.74, 6) is 12.9. The molecule has 11 N–H and O–H groups in total. The maximum Gasteiger partial charge on any atom is 0.419 e. The SMILES string of the molecule is CC(=N)N.CCNN.Cc1cc(OCCCCCCCCCCCCC(C)(C)C)c(C(F)(F)F)cc1-c1cc2ccccc2[nH]1.NN. The summed E-state index contributed by atoms with van der Waals surface area (Å²) in [6, 6.07) is 12.3. The Morgan fingerprint density at radius 3 is 1.83 bits per heavy atom. The van der Waals surface area contributed by atoms with Gasteiger partial charge < -0.3 is 15.5 Å². The molecule has 0 fully saturated rings. The molecule has 1 aromatic heterocycles. The van der Waals surface area contributed by atoms with Gasteiger partial charge in [-0.3, -0.25) is 28.4 Å². The van der Waals surface area contributed by atoms with Gasteiger partial charge in [0, 0.05) is 28.7 Å². The minimum Gasteiger partial charge on any atom is -0.493 e. The number of nitrogens with two attached hydrogens (primary N) is 4. The van der Waals surface area contributed by atoms with Crippen LogP contribution in [0.5, 0.6) is 5.75 Å². The number of hydrogen-bond acceptors (Lipinski definition) is 6. The molecule has 0 aliphatic heterocycles. The first-order valence-electron chi connectivity index (χ1n) is 16.7. The Balaban J connectivity index is 0.00000187. The molecule has 3 rings (SSSR count). The molecular weight excluding hydrogens is 603 g/mol. The second-order valence-electron chi connectivity index (χ2n) is 12.9. The van der Waals surface area contributed by atoms with Crippen molar-refractivity contribution in [3.8, 4) is 17.0 Å².